The Labute approximate surface area is 297 Å². The van der Waals surface area contributed by atoms with E-state index >= 15 is 0 Å². The normalized spacial score (nSPS) is 16.3. The van der Waals surface area contributed by atoms with Crippen molar-refractivity contribution in [2.75, 3.05) is 57.4 Å². The molecule has 266 valence electrons. The lowest BCUT2D eigenvalue weighted by atomic mass is 10.0. The third-order valence-corrected chi connectivity index (χ3v) is 9.47. The second-order valence-electron chi connectivity index (χ2n) is 13.0. The zero-order valence-electron chi connectivity index (χ0n) is 28.6. The van der Waals surface area contributed by atoms with Crippen LogP contribution in [0.25, 0.3) is 6.08 Å². The van der Waals surface area contributed by atoms with Gasteiger partial charge in [0.05, 0.1) is 18.8 Å². The van der Waals surface area contributed by atoms with Crippen molar-refractivity contribution in [3.05, 3.63) is 143 Å². The smallest absolute Gasteiger partial charge is 0.378 e. The first-order valence-corrected chi connectivity index (χ1v) is 17.4. The number of hydrogen-bond donors (Lipinski definition) is 0. The van der Waals surface area contributed by atoms with Crippen LogP contribution in [-0.2, 0) is 40.0 Å². The SMILES string of the molecule is O=C([C@H](Cc1ccccc1)N(Cc1ccc(N2CCOCC2)cc1)C(=O)/C=C/c1ccc(C(F)(F)F)cc1)N1CCN(Cc2ccccc2)CC1. The van der Waals surface area contributed by atoms with Crippen LogP contribution in [-0.4, -0.2) is 85.0 Å². The van der Waals surface area contributed by atoms with E-state index in [2.05, 4.69) is 21.9 Å². The largest absolute Gasteiger partial charge is 0.416 e. The van der Waals surface area contributed by atoms with E-state index in [0.717, 1.165) is 48.6 Å². The van der Waals surface area contributed by atoms with E-state index in [1.165, 1.54) is 29.8 Å². The van der Waals surface area contributed by atoms with Gasteiger partial charge in [-0.15, -0.1) is 0 Å². The first kappa shape index (κ1) is 35.9. The minimum absolute atomic E-state index is 0.126. The number of ether oxygens (including phenoxy) is 1. The fourth-order valence-corrected chi connectivity index (χ4v) is 6.57. The maximum Gasteiger partial charge on any atom is 0.416 e. The molecular weight excluding hydrogens is 653 g/mol. The van der Waals surface area contributed by atoms with E-state index in [9.17, 15) is 22.8 Å². The predicted molar refractivity (Wildman–Crippen MR) is 193 cm³/mol. The maximum absolute atomic E-state index is 14.5. The Hall–Kier alpha value is -4.93. The Bertz CT molecular complexity index is 1740. The van der Waals surface area contributed by atoms with E-state index in [1.54, 1.807) is 4.90 Å². The van der Waals surface area contributed by atoms with Crippen LogP contribution in [0.15, 0.2) is 115 Å². The van der Waals surface area contributed by atoms with Gasteiger partial charge >= 0.3 is 6.18 Å². The summed E-state index contributed by atoms with van der Waals surface area (Å²) in [5.74, 6) is -0.524. The average Bonchev–Trinajstić information content (AvgIpc) is 3.16. The number of alkyl halides is 3. The van der Waals surface area contributed by atoms with Crippen molar-refractivity contribution in [1.82, 2.24) is 14.7 Å². The minimum Gasteiger partial charge on any atom is -0.378 e. The molecule has 0 aliphatic carbocycles. The van der Waals surface area contributed by atoms with Crippen LogP contribution in [0.1, 0.15) is 27.8 Å². The molecule has 1 atom stereocenters. The van der Waals surface area contributed by atoms with Gasteiger partial charge in [0.1, 0.15) is 6.04 Å². The van der Waals surface area contributed by atoms with E-state index in [1.807, 2.05) is 77.7 Å². The van der Waals surface area contributed by atoms with E-state index in [0.29, 0.717) is 51.4 Å². The van der Waals surface area contributed by atoms with Crippen molar-refractivity contribution in [3.8, 4) is 0 Å². The van der Waals surface area contributed by atoms with E-state index in [-0.39, 0.29) is 12.5 Å². The number of benzene rings is 4. The molecule has 2 amide bonds. The molecule has 2 saturated heterocycles. The molecular formula is C41H43F3N4O3. The van der Waals surface area contributed by atoms with Gasteiger partial charge in [0, 0.05) is 70.5 Å². The lowest BCUT2D eigenvalue weighted by Gasteiger charge is -2.39. The van der Waals surface area contributed by atoms with Gasteiger partial charge in [-0.25, -0.2) is 0 Å². The van der Waals surface area contributed by atoms with Crippen molar-refractivity contribution in [3.63, 3.8) is 0 Å². The summed E-state index contributed by atoms with van der Waals surface area (Å²) in [4.78, 5) is 36.8. The van der Waals surface area contributed by atoms with Crippen LogP contribution in [0.4, 0.5) is 18.9 Å². The summed E-state index contributed by atoms with van der Waals surface area (Å²) < 4.78 is 45.0. The summed E-state index contributed by atoms with van der Waals surface area (Å²) >= 11 is 0. The molecule has 0 aromatic heterocycles. The van der Waals surface area contributed by atoms with Crippen molar-refractivity contribution >= 4 is 23.6 Å². The Morgan fingerprint density at radius 1 is 0.725 bits per heavy atom. The van der Waals surface area contributed by atoms with E-state index < -0.39 is 23.7 Å². The highest BCUT2D eigenvalue weighted by molar-refractivity contribution is 5.95. The number of halogens is 3. The summed E-state index contributed by atoms with van der Waals surface area (Å²) in [6, 6.07) is 31.8. The highest BCUT2D eigenvalue weighted by Crippen LogP contribution is 2.29. The number of morpholine rings is 1. The second kappa shape index (κ2) is 16.9. The molecule has 0 N–H and O–H groups in total. The molecule has 0 radical (unpaired) electrons. The lowest BCUT2D eigenvalue weighted by molar-refractivity contribution is -0.145. The number of piperazine rings is 1. The average molecular weight is 697 g/mol. The number of nitrogens with zero attached hydrogens (tertiary/aromatic N) is 4. The first-order valence-electron chi connectivity index (χ1n) is 17.4. The van der Waals surface area contributed by atoms with Gasteiger partial charge in [-0.3, -0.25) is 14.5 Å². The Balaban J connectivity index is 1.26. The molecule has 4 aromatic carbocycles. The van der Waals surface area contributed by atoms with Crippen molar-refractivity contribution in [1.29, 1.82) is 0 Å². The third-order valence-electron chi connectivity index (χ3n) is 9.47. The molecule has 2 fully saturated rings. The highest BCUT2D eigenvalue weighted by atomic mass is 19.4. The molecule has 2 heterocycles. The van der Waals surface area contributed by atoms with Crippen molar-refractivity contribution in [2.45, 2.75) is 31.7 Å². The molecule has 0 spiro atoms. The van der Waals surface area contributed by atoms with Gasteiger partial charge in [0.15, 0.2) is 0 Å². The molecule has 0 bridgehead atoms. The molecule has 51 heavy (non-hydrogen) atoms. The number of hydrogen-bond acceptors (Lipinski definition) is 5. The second-order valence-corrected chi connectivity index (χ2v) is 13.0. The summed E-state index contributed by atoms with van der Waals surface area (Å²) in [5.41, 5.74) is 3.76. The van der Waals surface area contributed by atoms with Gasteiger partial charge in [0.25, 0.3) is 0 Å². The van der Waals surface area contributed by atoms with Gasteiger partial charge in [-0.1, -0.05) is 84.9 Å². The monoisotopic (exact) mass is 696 g/mol. The predicted octanol–water partition coefficient (Wildman–Crippen LogP) is 6.54. The maximum atomic E-state index is 14.5. The van der Waals surface area contributed by atoms with Crippen LogP contribution >= 0.6 is 0 Å². The zero-order chi connectivity index (χ0) is 35.6. The molecule has 2 aliphatic heterocycles. The molecule has 0 unspecified atom stereocenters. The first-order chi connectivity index (χ1) is 24.7. The van der Waals surface area contributed by atoms with Gasteiger partial charge in [-0.05, 0) is 52.6 Å². The van der Waals surface area contributed by atoms with Crippen LogP contribution < -0.4 is 4.90 Å². The topological polar surface area (TPSA) is 56.3 Å². The zero-order valence-corrected chi connectivity index (χ0v) is 28.6. The third kappa shape index (κ3) is 9.86. The molecule has 10 heteroatoms. The number of amides is 2. The Kier molecular flexibility index (Phi) is 11.9. The quantitative estimate of drug-likeness (QED) is 0.167. The molecule has 6 rings (SSSR count). The number of carbonyl (C=O) groups excluding carboxylic acids is 2. The summed E-state index contributed by atoms with van der Waals surface area (Å²) in [6.07, 6.45) is -1.28. The Morgan fingerprint density at radius 2 is 1.33 bits per heavy atom. The van der Waals surface area contributed by atoms with Crippen LogP contribution in [0.3, 0.4) is 0 Å². The molecule has 2 aliphatic rings. The number of carbonyl (C=O) groups is 2. The lowest BCUT2D eigenvalue weighted by Crippen LogP contribution is -2.56. The van der Waals surface area contributed by atoms with Crippen LogP contribution in [0.5, 0.6) is 0 Å². The highest BCUT2D eigenvalue weighted by Gasteiger charge is 2.34. The fourth-order valence-electron chi connectivity index (χ4n) is 6.57. The molecule has 0 saturated carbocycles. The van der Waals surface area contributed by atoms with E-state index in [4.69, 9.17) is 4.74 Å². The van der Waals surface area contributed by atoms with Crippen LogP contribution in [0, 0.1) is 0 Å². The summed E-state index contributed by atoms with van der Waals surface area (Å²) in [7, 11) is 0. The number of rotatable bonds is 11. The summed E-state index contributed by atoms with van der Waals surface area (Å²) in [6.45, 7) is 6.40. The van der Waals surface area contributed by atoms with Crippen LogP contribution in [0.2, 0.25) is 0 Å². The fraction of sp³-hybridized carbons (Fsp3) is 0.317. The minimum atomic E-state index is -4.45. The van der Waals surface area contributed by atoms with Crippen molar-refractivity contribution < 1.29 is 27.5 Å². The van der Waals surface area contributed by atoms with Gasteiger partial charge in [0.2, 0.25) is 11.8 Å². The van der Waals surface area contributed by atoms with Crippen molar-refractivity contribution in [2.24, 2.45) is 0 Å². The van der Waals surface area contributed by atoms with Gasteiger partial charge < -0.3 is 19.4 Å². The molecule has 7 nitrogen and oxygen atoms in total. The molecule has 4 aromatic rings. The Morgan fingerprint density at radius 3 is 1.94 bits per heavy atom. The summed E-state index contributed by atoms with van der Waals surface area (Å²) in [5, 5.41) is 0. The number of anilines is 1. The standard InChI is InChI=1S/C41H43F3N4O3/c42-41(43,44)36-16-11-32(12-17-36)15-20-39(49)48(31-35-13-18-37(19-14-35)46-25-27-51-28-26-46)38(29-33-7-3-1-4-8-33)40(50)47-23-21-45(22-24-47)30-34-9-5-2-6-10-34/h1-20,38H,21-31H2/b20-15+/t38-/m0/s1. The van der Waals surface area contributed by atoms with Gasteiger partial charge in [-0.2, -0.15) is 13.2 Å².